The summed E-state index contributed by atoms with van der Waals surface area (Å²) in [5, 5.41) is 18.0. The summed E-state index contributed by atoms with van der Waals surface area (Å²) in [7, 11) is 0. The molecule has 0 aromatic heterocycles. The molecule has 0 saturated carbocycles. The molecule has 0 radical (unpaired) electrons. The van der Waals surface area contributed by atoms with Crippen molar-refractivity contribution in [2.24, 2.45) is 43.3 Å². The maximum Gasteiger partial charge on any atom is 0.211 e. The van der Waals surface area contributed by atoms with E-state index in [2.05, 4.69) is 39.5 Å². The number of fused-ring (bicyclic) bond motifs is 3. The third-order valence-corrected chi connectivity index (χ3v) is 3.75. The number of nitrogens with zero attached hydrogens (tertiary/aromatic N) is 4. The van der Waals surface area contributed by atoms with Gasteiger partial charge in [-0.05, 0) is 28.8 Å². The highest BCUT2D eigenvalue weighted by atomic mass is 35.5. The Bertz CT molecular complexity index is 935. The molecule has 2 aromatic carbocycles. The second-order valence-corrected chi connectivity index (χ2v) is 5.49. The quantitative estimate of drug-likeness (QED) is 0.355. The minimum Gasteiger partial charge on any atom is -0.369 e. The van der Waals surface area contributed by atoms with Crippen molar-refractivity contribution in [3.05, 3.63) is 47.0 Å². The summed E-state index contributed by atoms with van der Waals surface area (Å²) in [5.74, 6) is -0.255. The smallest absolute Gasteiger partial charge is 0.211 e. The van der Waals surface area contributed by atoms with Crippen LogP contribution in [-0.2, 0) is 6.42 Å². The van der Waals surface area contributed by atoms with Crippen molar-refractivity contribution >= 4 is 46.5 Å². The van der Waals surface area contributed by atoms with Crippen LogP contribution in [0.15, 0.2) is 50.7 Å². The average Bonchev–Trinajstić information content (AvgIpc) is 2.88. The lowest BCUT2D eigenvalue weighted by atomic mass is 9.96. The first-order chi connectivity index (χ1) is 11.5. The van der Waals surface area contributed by atoms with Crippen LogP contribution in [0.3, 0.4) is 0 Å². The van der Waals surface area contributed by atoms with E-state index >= 15 is 0 Å². The normalized spacial score (nSPS) is 15.7. The van der Waals surface area contributed by atoms with E-state index in [0.29, 0.717) is 17.8 Å². The van der Waals surface area contributed by atoms with Gasteiger partial charge in [0.05, 0.1) is 5.71 Å². The molecule has 0 spiro atoms. The Morgan fingerprint density at radius 1 is 0.920 bits per heavy atom. The fourth-order valence-corrected chi connectivity index (χ4v) is 2.87. The van der Waals surface area contributed by atoms with Gasteiger partial charge in [-0.1, -0.05) is 30.3 Å². The molecule has 0 amide bonds. The lowest BCUT2D eigenvalue weighted by molar-refractivity contribution is 1.18. The third kappa shape index (κ3) is 3.53. The lowest BCUT2D eigenvalue weighted by Crippen LogP contribution is -2.23. The van der Waals surface area contributed by atoms with Gasteiger partial charge in [0.15, 0.2) is 0 Å². The van der Waals surface area contributed by atoms with Crippen LogP contribution in [-0.4, -0.2) is 23.3 Å². The molecule has 0 unspecified atom stereocenters. The van der Waals surface area contributed by atoms with Crippen molar-refractivity contribution in [3.8, 4) is 0 Å². The molecule has 0 heterocycles. The van der Waals surface area contributed by atoms with Gasteiger partial charge in [0.1, 0.15) is 5.71 Å². The molecule has 8 nitrogen and oxygen atoms in total. The van der Waals surface area contributed by atoms with Crippen molar-refractivity contribution in [1.82, 2.24) is 0 Å². The minimum atomic E-state index is -0.131. The maximum atomic E-state index is 5.41. The first-order valence-corrected chi connectivity index (χ1v) is 7.31. The summed E-state index contributed by atoms with van der Waals surface area (Å²) < 4.78 is 0. The lowest BCUT2D eigenvalue weighted by Gasteiger charge is -2.08. The standard InChI is InChI=1S/C16H18N8.ClH/c1-8-6-9-7-12(21-23-15(17)18)14(22-24-16(19)20)13(9)11-5-3-2-4-10(8)11;/h2-6H,7H2,1H3,(H4,17,18,23)(H4,19,20,24);1H/b21-12+,22-14+;. The van der Waals surface area contributed by atoms with Gasteiger partial charge in [-0.25, -0.2) is 0 Å². The van der Waals surface area contributed by atoms with Gasteiger partial charge < -0.3 is 22.9 Å². The number of halogens is 1. The summed E-state index contributed by atoms with van der Waals surface area (Å²) in [6.07, 6.45) is 0.552. The van der Waals surface area contributed by atoms with E-state index in [4.69, 9.17) is 22.9 Å². The van der Waals surface area contributed by atoms with Crippen LogP contribution in [0.2, 0.25) is 0 Å². The van der Waals surface area contributed by atoms with E-state index < -0.39 is 0 Å². The van der Waals surface area contributed by atoms with E-state index in [-0.39, 0.29) is 24.3 Å². The molecule has 130 valence electrons. The molecule has 0 saturated heterocycles. The Hall–Kier alpha value is -3.13. The van der Waals surface area contributed by atoms with Gasteiger partial charge in [-0.2, -0.15) is 0 Å². The zero-order chi connectivity index (χ0) is 17.3. The van der Waals surface area contributed by atoms with Crippen LogP contribution < -0.4 is 22.9 Å². The van der Waals surface area contributed by atoms with E-state index in [0.717, 1.165) is 21.9 Å². The fraction of sp³-hybridized carbons (Fsp3) is 0.125. The minimum absolute atomic E-state index is 0. The number of hydrogen-bond donors (Lipinski definition) is 4. The monoisotopic (exact) mass is 358 g/mol. The second kappa shape index (κ2) is 7.18. The zero-order valence-electron chi connectivity index (χ0n) is 13.6. The number of aryl methyl sites for hydroxylation is 1. The van der Waals surface area contributed by atoms with Crippen LogP contribution in [0.4, 0.5) is 0 Å². The van der Waals surface area contributed by atoms with Crippen LogP contribution in [0.5, 0.6) is 0 Å². The van der Waals surface area contributed by atoms with Gasteiger partial charge in [-0.3, -0.25) is 0 Å². The molecule has 9 heteroatoms. The largest absolute Gasteiger partial charge is 0.369 e. The van der Waals surface area contributed by atoms with Crippen LogP contribution in [0.1, 0.15) is 16.7 Å². The highest BCUT2D eigenvalue weighted by Gasteiger charge is 2.28. The molecular formula is C16H19ClN8. The van der Waals surface area contributed by atoms with Crippen LogP contribution >= 0.6 is 12.4 Å². The molecule has 8 N–H and O–H groups in total. The maximum absolute atomic E-state index is 5.41. The Kier molecular flexibility index (Phi) is 5.23. The highest BCUT2D eigenvalue weighted by molar-refractivity contribution is 6.53. The summed E-state index contributed by atoms with van der Waals surface area (Å²) in [6, 6.07) is 10.2. The third-order valence-electron chi connectivity index (χ3n) is 3.75. The second-order valence-electron chi connectivity index (χ2n) is 5.49. The number of guanidine groups is 2. The molecule has 2 aromatic rings. The molecule has 1 aliphatic rings. The summed E-state index contributed by atoms with van der Waals surface area (Å²) >= 11 is 0. The summed E-state index contributed by atoms with van der Waals surface area (Å²) in [4.78, 5) is 0. The average molecular weight is 359 g/mol. The number of nitrogens with two attached hydrogens (primary N) is 4. The van der Waals surface area contributed by atoms with Crippen molar-refractivity contribution in [2.45, 2.75) is 13.3 Å². The molecule has 0 aliphatic heterocycles. The first-order valence-electron chi connectivity index (χ1n) is 7.31. The van der Waals surface area contributed by atoms with E-state index in [1.165, 1.54) is 5.56 Å². The Morgan fingerprint density at radius 3 is 2.16 bits per heavy atom. The predicted octanol–water partition coefficient (Wildman–Crippen LogP) is 0.733. The number of hydrogen-bond acceptors (Lipinski definition) is 4. The van der Waals surface area contributed by atoms with Gasteiger partial charge >= 0.3 is 0 Å². The highest BCUT2D eigenvalue weighted by Crippen LogP contribution is 2.32. The summed E-state index contributed by atoms with van der Waals surface area (Å²) in [6.45, 7) is 2.07. The van der Waals surface area contributed by atoms with Crippen molar-refractivity contribution in [2.75, 3.05) is 0 Å². The molecule has 0 atom stereocenters. The molecule has 3 rings (SSSR count). The topological polar surface area (TPSA) is 154 Å². The van der Waals surface area contributed by atoms with Crippen molar-refractivity contribution in [3.63, 3.8) is 0 Å². The van der Waals surface area contributed by atoms with Gasteiger partial charge in [0.2, 0.25) is 11.9 Å². The van der Waals surface area contributed by atoms with Crippen molar-refractivity contribution < 1.29 is 0 Å². The van der Waals surface area contributed by atoms with Gasteiger partial charge in [0.25, 0.3) is 0 Å². The zero-order valence-corrected chi connectivity index (χ0v) is 14.4. The van der Waals surface area contributed by atoms with Gasteiger partial charge in [-0.15, -0.1) is 32.8 Å². The van der Waals surface area contributed by atoms with Crippen LogP contribution in [0, 0.1) is 6.92 Å². The molecule has 0 bridgehead atoms. The molecular weight excluding hydrogens is 340 g/mol. The molecule has 25 heavy (non-hydrogen) atoms. The Balaban J connectivity index is 0.00000225. The van der Waals surface area contributed by atoms with Gasteiger partial charge in [0, 0.05) is 12.0 Å². The molecule has 0 fully saturated rings. The predicted molar refractivity (Wildman–Crippen MR) is 105 cm³/mol. The Labute approximate surface area is 150 Å². The molecule has 1 aliphatic carbocycles. The van der Waals surface area contributed by atoms with E-state index in [1.807, 2.05) is 18.2 Å². The van der Waals surface area contributed by atoms with Crippen LogP contribution in [0.25, 0.3) is 10.8 Å². The Morgan fingerprint density at radius 2 is 1.52 bits per heavy atom. The number of rotatable bonds is 2. The SMILES string of the molecule is Cc1cc2c(c3ccccc13)C(=N/N=C(N)N)/C(=N/N=C(N)N)C2.Cl. The fourth-order valence-electron chi connectivity index (χ4n) is 2.87. The van der Waals surface area contributed by atoms with Crippen molar-refractivity contribution in [1.29, 1.82) is 0 Å². The van der Waals surface area contributed by atoms with E-state index in [1.54, 1.807) is 0 Å². The first kappa shape index (κ1) is 18.2. The van der Waals surface area contributed by atoms with E-state index in [9.17, 15) is 0 Å². The number of benzene rings is 2. The summed E-state index contributed by atoms with van der Waals surface area (Å²) in [5.41, 5.74) is 25.9.